The molecule has 1 aromatic heterocycles. The summed E-state index contributed by atoms with van der Waals surface area (Å²) in [6.07, 6.45) is 2.14. The zero-order valence-corrected chi connectivity index (χ0v) is 11.5. The lowest BCUT2D eigenvalue weighted by Gasteiger charge is -2.20. The second kappa shape index (κ2) is 5.27. The van der Waals surface area contributed by atoms with Crippen LogP contribution >= 0.6 is 0 Å². The summed E-state index contributed by atoms with van der Waals surface area (Å²) >= 11 is 0. The highest BCUT2D eigenvalue weighted by Crippen LogP contribution is 2.21. The standard InChI is InChI=1S/C14H18N4O/c1-9-6-10(2)16-14(12(9)7-15)18(3)8-13(19)17-11-4-5-11/h6,11H,4-5,8H2,1-3H3,(H,17,19). The fourth-order valence-corrected chi connectivity index (χ4v) is 2.02. The zero-order chi connectivity index (χ0) is 14.0. The van der Waals surface area contributed by atoms with E-state index in [1.807, 2.05) is 19.9 Å². The van der Waals surface area contributed by atoms with Crippen molar-refractivity contribution >= 4 is 11.7 Å². The van der Waals surface area contributed by atoms with E-state index in [1.54, 1.807) is 11.9 Å². The van der Waals surface area contributed by atoms with Gasteiger partial charge >= 0.3 is 0 Å². The third-order valence-corrected chi connectivity index (χ3v) is 3.12. The van der Waals surface area contributed by atoms with Crippen LogP contribution in [-0.2, 0) is 4.79 Å². The lowest BCUT2D eigenvalue weighted by molar-refractivity contribution is -0.119. The molecule has 0 saturated heterocycles. The van der Waals surface area contributed by atoms with Crippen molar-refractivity contribution in [1.82, 2.24) is 10.3 Å². The molecule has 1 N–H and O–H groups in total. The highest BCUT2D eigenvalue weighted by atomic mass is 16.2. The molecule has 1 saturated carbocycles. The monoisotopic (exact) mass is 258 g/mol. The van der Waals surface area contributed by atoms with E-state index in [9.17, 15) is 10.1 Å². The smallest absolute Gasteiger partial charge is 0.239 e. The second-order valence-electron chi connectivity index (χ2n) is 5.09. The summed E-state index contributed by atoms with van der Waals surface area (Å²) in [6, 6.07) is 4.39. The SMILES string of the molecule is Cc1cc(C)c(C#N)c(N(C)CC(=O)NC2CC2)n1. The van der Waals surface area contributed by atoms with E-state index in [-0.39, 0.29) is 12.5 Å². The number of anilines is 1. The number of carbonyl (C=O) groups is 1. The van der Waals surface area contributed by atoms with Crippen molar-refractivity contribution in [2.24, 2.45) is 0 Å². The van der Waals surface area contributed by atoms with Gasteiger partial charge in [0.1, 0.15) is 11.9 Å². The van der Waals surface area contributed by atoms with Crippen molar-refractivity contribution in [2.75, 3.05) is 18.5 Å². The normalized spacial score (nSPS) is 13.8. The van der Waals surface area contributed by atoms with Crippen LogP contribution in [0.3, 0.4) is 0 Å². The molecule has 1 fully saturated rings. The van der Waals surface area contributed by atoms with Gasteiger partial charge in [-0.05, 0) is 38.3 Å². The van der Waals surface area contributed by atoms with Crippen LogP contribution in [0.5, 0.6) is 0 Å². The van der Waals surface area contributed by atoms with Gasteiger partial charge in [-0.25, -0.2) is 4.98 Å². The Balaban J connectivity index is 2.15. The van der Waals surface area contributed by atoms with Crippen LogP contribution in [0.25, 0.3) is 0 Å². The Bertz CT molecular complexity index is 543. The molecule has 1 aromatic rings. The Morgan fingerprint density at radius 2 is 2.26 bits per heavy atom. The molecule has 1 aliphatic carbocycles. The molecule has 0 bridgehead atoms. The minimum atomic E-state index is -0.0187. The van der Waals surface area contributed by atoms with E-state index in [1.165, 1.54) is 0 Å². The van der Waals surface area contributed by atoms with Crippen LogP contribution < -0.4 is 10.2 Å². The third-order valence-electron chi connectivity index (χ3n) is 3.12. The minimum Gasteiger partial charge on any atom is -0.352 e. The number of nitriles is 1. The van der Waals surface area contributed by atoms with Crippen LogP contribution in [0.1, 0.15) is 29.7 Å². The number of likely N-dealkylation sites (N-methyl/N-ethyl adjacent to an activating group) is 1. The van der Waals surface area contributed by atoms with Crippen molar-refractivity contribution in [1.29, 1.82) is 5.26 Å². The maximum absolute atomic E-state index is 11.8. The topological polar surface area (TPSA) is 69.0 Å². The number of hydrogen-bond acceptors (Lipinski definition) is 4. The van der Waals surface area contributed by atoms with Crippen LogP contribution in [0.4, 0.5) is 5.82 Å². The molecule has 100 valence electrons. The van der Waals surface area contributed by atoms with Crippen molar-refractivity contribution in [3.05, 3.63) is 22.9 Å². The maximum atomic E-state index is 11.8. The van der Waals surface area contributed by atoms with Crippen LogP contribution in [0.15, 0.2) is 6.07 Å². The summed E-state index contributed by atoms with van der Waals surface area (Å²) in [7, 11) is 1.79. The molecule has 1 amide bonds. The van der Waals surface area contributed by atoms with Gasteiger partial charge in [0.2, 0.25) is 5.91 Å². The molecule has 0 unspecified atom stereocenters. The molecule has 0 atom stereocenters. The van der Waals surface area contributed by atoms with E-state index in [0.717, 1.165) is 24.1 Å². The van der Waals surface area contributed by atoms with Gasteiger partial charge in [-0.1, -0.05) is 0 Å². The predicted octanol–water partition coefficient (Wildman–Crippen LogP) is 1.28. The van der Waals surface area contributed by atoms with E-state index in [0.29, 0.717) is 17.4 Å². The first-order valence-electron chi connectivity index (χ1n) is 6.40. The fraction of sp³-hybridized carbons (Fsp3) is 0.500. The number of aromatic nitrogens is 1. The van der Waals surface area contributed by atoms with E-state index in [4.69, 9.17) is 0 Å². The summed E-state index contributed by atoms with van der Waals surface area (Å²) < 4.78 is 0. The van der Waals surface area contributed by atoms with Gasteiger partial charge in [0.05, 0.1) is 12.1 Å². The molecule has 0 spiro atoms. The molecule has 1 heterocycles. The Labute approximate surface area is 113 Å². The summed E-state index contributed by atoms with van der Waals surface area (Å²) in [5.41, 5.74) is 2.27. The molecule has 19 heavy (non-hydrogen) atoms. The maximum Gasteiger partial charge on any atom is 0.239 e. The van der Waals surface area contributed by atoms with Gasteiger partial charge < -0.3 is 10.2 Å². The summed E-state index contributed by atoms with van der Waals surface area (Å²) in [5, 5.41) is 12.1. The molecule has 2 rings (SSSR count). The van der Waals surface area contributed by atoms with Crippen LogP contribution in [-0.4, -0.2) is 30.5 Å². The number of nitrogens with one attached hydrogen (secondary N) is 1. The van der Waals surface area contributed by atoms with Gasteiger partial charge in [-0.15, -0.1) is 0 Å². The highest BCUT2D eigenvalue weighted by Gasteiger charge is 2.24. The van der Waals surface area contributed by atoms with Gasteiger partial charge in [-0.3, -0.25) is 4.79 Å². The molecule has 0 aliphatic heterocycles. The van der Waals surface area contributed by atoms with Crippen LogP contribution in [0.2, 0.25) is 0 Å². The third kappa shape index (κ3) is 3.22. The molecule has 5 nitrogen and oxygen atoms in total. The summed E-state index contributed by atoms with van der Waals surface area (Å²) in [6.45, 7) is 3.99. The van der Waals surface area contributed by atoms with Gasteiger partial charge in [0.25, 0.3) is 0 Å². The molecule has 0 radical (unpaired) electrons. The van der Waals surface area contributed by atoms with Gasteiger partial charge in [0, 0.05) is 18.8 Å². The van der Waals surface area contributed by atoms with Gasteiger partial charge in [-0.2, -0.15) is 5.26 Å². The largest absolute Gasteiger partial charge is 0.352 e. The fourth-order valence-electron chi connectivity index (χ4n) is 2.02. The number of hydrogen-bond donors (Lipinski definition) is 1. The number of carbonyl (C=O) groups excluding carboxylic acids is 1. The Kier molecular flexibility index (Phi) is 3.70. The lowest BCUT2D eigenvalue weighted by Crippen LogP contribution is -2.37. The summed E-state index contributed by atoms with van der Waals surface area (Å²) in [4.78, 5) is 17.9. The van der Waals surface area contributed by atoms with E-state index < -0.39 is 0 Å². The molecular weight excluding hydrogens is 240 g/mol. The lowest BCUT2D eigenvalue weighted by atomic mass is 10.1. The molecule has 0 aromatic carbocycles. The van der Waals surface area contributed by atoms with Crippen molar-refractivity contribution in [3.63, 3.8) is 0 Å². The quantitative estimate of drug-likeness (QED) is 0.883. The molecular formula is C14H18N4O. The number of nitrogens with zero attached hydrogens (tertiary/aromatic N) is 3. The minimum absolute atomic E-state index is 0.0187. The average Bonchev–Trinajstić information content (AvgIpc) is 3.11. The first-order chi connectivity index (χ1) is 9.01. The number of pyridine rings is 1. The van der Waals surface area contributed by atoms with E-state index >= 15 is 0 Å². The van der Waals surface area contributed by atoms with Crippen molar-refractivity contribution in [3.8, 4) is 6.07 Å². The van der Waals surface area contributed by atoms with Crippen molar-refractivity contribution in [2.45, 2.75) is 32.7 Å². The average molecular weight is 258 g/mol. The molecule has 5 heteroatoms. The first kappa shape index (κ1) is 13.3. The Morgan fingerprint density at radius 1 is 1.58 bits per heavy atom. The Morgan fingerprint density at radius 3 is 2.84 bits per heavy atom. The number of rotatable bonds is 4. The second-order valence-corrected chi connectivity index (χ2v) is 5.09. The summed E-state index contributed by atoms with van der Waals surface area (Å²) in [5.74, 6) is 0.556. The first-order valence-corrected chi connectivity index (χ1v) is 6.40. The van der Waals surface area contributed by atoms with Crippen LogP contribution in [0, 0.1) is 25.2 Å². The highest BCUT2D eigenvalue weighted by molar-refractivity contribution is 5.82. The number of amides is 1. The van der Waals surface area contributed by atoms with E-state index in [2.05, 4.69) is 16.4 Å². The van der Waals surface area contributed by atoms with Gasteiger partial charge in [0.15, 0.2) is 0 Å². The predicted molar refractivity (Wildman–Crippen MR) is 72.9 cm³/mol. The zero-order valence-electron chi connectivity index (χ0n) is 11.5. The number of aryl methyl sites for hydroxylation is 2. The Hall–Kier alpha value is -2.09. The molecule has 1 aliphatic rings. The van der Waals surface area contributed by atoms with Crippen molar-refractivity contribution < 1.29 is 4.79 Å².